The molecular weight excluding hydrogens is 391 g/mol. The van der Waals surface area contributed by atoms with Crippen molar-refractivity contribution in [2.24, 2.45) is 0 Å². The van der Waals surface area contributed by atoms with Gasteiger partial charge in [-0.05, 0) is 55.0 Å². The van der Waals surface area contributed by atoms with E-state index in [-0.39, 0.29) is 12.4 Å². The van der Waals surface area contributed by atoms with E-state index >= 15 is 0 Å². The quantitative estimate of drug-likeness (QED) is 0.324. The third kappa shape index (κ3) is 4.79. The number of rotatable bonds is 7. The topological polar surface area (TPSA) is 39.4 Å². The van der Waals surface area contributed by atoms with Crippen LogP contribution in [0.15, 0.2) is 53.0 Å². The van der Waals surface area contributed by atoms with E-state index in [0.29, 0.717) is 27.3 Å². The summed E-state index contributed by atoms with van der Waals surface area (Å²) >= 11 is 13.3. The summed E-state index contributed by atoms with van der Waals surface area (Å²) < 4.78 is 11.3. The smallest absolute Gasteiger partial charge is 0.195 e. The van der Waals surface area contributed by atoms with Gasteiger partial charge in [-0.2, -0.15) is 0 Å². The number of carbonyl (C=O) groups is 1. The molecule has 3 rings (SSSR count). The van der Waals surface area contributed by atoms with Gasteiger partial charge < -0.3 is 9.15 Å². The predicted octanol–water partition coefficient (Wildman–Crippen LogP) is 6.69. The Morgan fingerprint density at radius 1 is 1.15 bits per heavy atom. The molecule has 2 heterocycles. The van der Waals surface area contributed by atoms with Crippen molar-refractivity contribution in [2.45, 2.75) is 20.0 Å². The average molecular weight is 407 g/mol. The second-order valence-electron chi connectivity index (χ2n) is 5.49. The molecule has 26 heavy (non-hydrogen) atoms. The molecule has 0 aliphatic heterocycles. The van der Waals surface area contributed by atoms with Crippen LogP contribution < -0.4 is 4.74 Å². The Balaban J connectivity index is 1.58. The number of ether oxygens (including phenoxy) is 1. The Labute approximate surface area is 165 Å². The lowest BCUT2D eigenvalue weighted by atomic mass is 10.2. The molecule has 0 amide bonds. The second-order valence-corrected chi connectivity index (χ2v) is 7.47. The van der Waals surface area contributed by atoms with Crippen LogP contribution >= 0.6 is 34.5 Å². The van der Waals surface area contributed by atoms with Gasteiger partial charge in [-0.1, -0.05) is 30.1 Å². The van der Waals surface area contributed by atoms with Gasteiger partial charge in [-0.15, -0.1) is 11.3 Å². The minimum Gasteiger partial charge on any atom is -0.486 e. The van der Waals surface area contributed by atoms with E-state index in [2.05, 4.69) is 6.92 Å². The fourth-order valence-corrected chi connectivity index (χ4v) is 3.38. The monoisotopic (exact) mass is 406 g/mol. The van der Waals surface area contributed by atoms with Gasteiger partial charge in [0, 0.05) is 10.9 Å². The number of halogens is 2. The molecule has 0 saturated carbocycles. The minimum absolute atomic E-state index is 0.0280. The first-order valence-corrected chi connectivity index (χ1v) is 9.60. The lowest BCUT2D eigenvalue weighted by Crippen LogP contribution is -1.93. The van der Waals surface area contributed by atoms with Crippen molar-refractivity contribution < 1.29 is 13.9 Å². The Bertz CT molecular complexity index is 940. The van der Waals surface area contributed by atoms with Crippen LogP contribution in [-0.4, -0.2) is 5.78 Å². The normalized spacial score (nSPS) is 11.2. The molecule has 0 radical (unpaired) electrons. The summed E-state index contributed by atoms with van der Waals surface area (Å²) in [5, 5.41) is 0.913. The number of hydrogen-bond acceptors (Lipinski definition) is 4. The number of allylic oxidation sites excluding steroid dienone is 1. The van der Waals surface area contributed by atoms with Crippen LogP contribution in [0.4, 0.5) is 0 Å². The van der Waals surface area contributed by atoms with Gasteiger partial charge in [0.15, 0.2) is 5.78 Å². The molecule has 134 valence electrons. The zero-order chi connectivity index (χ0) is 18.5. The van der Waals surface area contributed by atoms with Crippen molar-refractivity contribution in [3.8, 4) is 5.75 Å². The van der Waals surface area contributed by atoms with Crippen LogP contribution in [-0.2, 0) is 13.0 Å². The summed E-state index contributed by atoms with van der Waals surface area (Å²) in [4.78, 5) is 14.1. The molecule has 0 aliphatic carbocycles. The van der Waals surface area contributed by atoms with Crippen LogP contribution in [0.5, 0.6) is 5.75 Å². The van der Waals surface area contributed by atoms with Crippen molar-refractivity contribution in [2.75, 3.05) is 0 Å². The van der Waals surface area contributed by atoms with E-state index in [4.69, 9.17) is 32.4 Å². The van der Waals surface area contributed by atoms with Gasteiger partial charge in [0.2, 0.25) is 0 Å². The average Bonchev–Trinajstić information content (AvgIpc) is 3.30. The fourth-order valence-electron chi connectivity index (χ4n) is 2.22. The van der Waals surface area contributed by atoms with Gasteiger partial charge >= 0.3 is 0 Å². The summed E-state index contributed by atoms with van der Waals surface area (Å²) in [5.74, 6) is 1.82. The van der Waals surface area contributed by atoms with Crippen molar-refractivity contribution in [3.63, 3.8) is 0 Å². The first-order chi connectivity index (χ1) is 12.5. The number of carbonyl (C=O) groups excluding carboxylic acids is 1. The third-order valence-corrected chi connectivity index (χ3v) is 5.59. The molecule has 3 aromatic rings. The Hall–Kier alpha value is -2.01. The van der Waals surface area contributed by atoms with Crippen LogP contribution in [0.3, 0.4) is 0 Å². The van der Waals surface area contributed by atoms with Crippen molar-refractivity contribution >= 4 is 46.4 Å². The summed E-state index contributed by atoms with van der Waals surface area (Å²) in [6, 6.07) is 12.5. The summed E-state index contributed by atoms with van der Waals surface area (Å²) in [7, 11) is 0. The van der Waals surface area contributed by atoms with Crippen LogP contribution in [0.1, 0.15) is 33.0 Å². The number of furan rings is 1. The van der Waals surface area contributed by atoms with Gasteiger partial charge in [0.1, 0.15) is 23.9 Å². The number of thiophene rings is 1. The number of benzene rings is 1. The molecule has 0 atom stereocenters. The maximum atomic E-state index is 12.2. The lowest BCUT2D eigenvalue weighted by molar-refractivity contribution is 0.105. The van der Waals surface area contributed by atoms with E-state index in [0.717, 1.165) is 11.3 Å². The van der Waals surface area contributed by atoms with Gasteiger partial charge in [0.05, 0.1) is 14.9 Å². The molecule has 1 aromatic carbocycles. The van der Waals surface area contributed by atoms with Crippen LogP contribution in [0.2, 0.25) is 10.0 Å². The minimum atomic E-state index is -0.0280. The largest absolute Gasteiger partial charge is 0.486 e. The highest BCUT2D eigenvalue weighted by Crippen LogP contribution is 2.27. The molecular formula is C20H16Cl2O3S. The summed E-state index contributed by atoms with van der Waals surface area (Å²) in [6.45, 7) is 2.32. The number of ketones is 1. The van der Waals surface area contributed by atoms with Crippen molar-refractivity contribution in [1.29, 1.82) is 0 Å². The SMILES string of the molecule is CCc1ccc(C(=O)/C=C/c2ccc(COc3ccc(Cl)c(Cl)c3)o2)s1. The maximum Gasteiger partial charge on any atom is 0.195 e. The third-order valence-electron chi connectivity index (χ3n) is 3.61. The highest BCUT2D eigenvalue weighted by atomic mass is 35.5. The van der Waals surface area contributed by atoms with Crippen LogP contribution in [0.25, 0.3) is 6.08 Å². The van der Waals surface area contributed by atoms with E-state index in [1.165, 1.54) is 22.3 Å². The van der Waals surface area contributed by atoms with Gasteiger partial charge in [-0.25, -0.2) is 0 Å². The Morgan fingerprint density at radius 3 is 2.73 bits per heavy atom. The highest BCUT2D eigenvalue weighted by Gasteiger charge is 2.07. The van der Waals surface area contributed by atoms with Crippen LogP contribution in [0, 0.1) is 0 Å². The summed E-state index contributed by atoms with van der Waals surface area (Å²) in [6.07, 6.45) is 4.12. The highest BCUT2D eigenvalue weighted by molar-refractivity contribution is 7.14. The van der Waals surface area contributed by atoms with E-state index < -0.39 is 0 Å². The summed E-state index contributed by atoms with van der Waals surface area (Å²) in [5.41, 5.74) is 0. The van der Waals surface area contributed by atoms with Crippen molar-refractivity contribution in [1.82, 2.24) is 0 Å². The molecule has 0 unspecified atom stereocenters. The van der Waals surface area contributed by atoms with Crippen molar-refractivity contribution in [3.05, 3.63) is 79.9 Å². The van der Waals surface area contributed by atoms with Gasteiger partial charge in [0.25, 0.3) is 0 Å². The number of aryl methyl sites for hydroxylation is 1. The van der Waals surface area contributed by atoms with E-state index in [1.54, 1.807) is 30.3 Å². The standard InChI is InChI=1S/C20H16Cl2O3S/c1-2-16-7-10-20(26-16)19(23)9-6-13-3-4-15(25-13)12-24-14-5-8-17(21)18(22)11-14/h3-11H,2,12H2,1H3/b9-6+. The zero-order valence-corrected chi connectivity index (χ0v) is 16.3. The second kappa shape index (κ2) is 8.58. The van der Waals surface area contributed by atoms with E-state index in [9.17, 15) is 4.79 Å². The Kier molecular flexibility index (Phi) is 6.20. The maximum absolute atomic E-state index is 12.2. The molecule has 0 fully saturated rings. The van der Waals surface area contributed by atoms with E-state index in [1.807, 2.05) is 18.2 Å². The molecule has 0 aliphatic rings. The molecule has 2 aromatic heterocycles. The molecule has 0 saturated heterocycles. The molecule has 0 N–H and O–H groups in total. The zero-order valence-electron chi connectivity index (χ0n) is 14.0. The van der Waals surface area contributed by atoms with Gasteiger partial charge in [-0.3, -0.25) is 4.79 Å². The Morgan fingerprint density at radius 2 is 2.00 bits per heavy atom. The molecule has 6 heteroatoms. The predicted molar refractivity (Wildman–Crippen MR) is 107 cm³/mol. The first-order valence-electron chi connectivity index (χ1n) is 8.03. The molecule has 3 nitrogen and oxygen atoms in total. The molecule has 0 bridgehead atoms. The lowest BCUT2D eigenvalue weighted by Gasteiger charge is -2.05. The molecule has 0 spiro atoms. The fraction of sp³-hybridized carbons (Fsp3) is 0.150. The number of hydrogen-bond donors (Lipinski definition) is 0. The first kappa shape index (κ1) is 18.8.